The van der Waals surface area contributed by atoms with Crippen LogP contribution in [0.2, 0.25) is 0 Å². The average molecular weight is 547 g/mol. The van der Waals surface area contributed by atoms with E-state index in [1.54, 1.807) is 0 Å². The van der Waals surface area contributed by atoms with E-state index in [9.17, 15) is 0 Å². The van der Waals surface area contributed by atoms with E-state index in [-0.39, 0.29) is 0 Å². The summed E-state index contributed by atoms with van der Waals surface area (Å²) in [5, 5.41) is 0. The zero-order valence-electron chi connectivity index (χ0n) is 23.6. The lowest BCUT2D eigenvalue weighted by molar-refractivity contribution is 0.240. The van der Waals surface area contributed by atoms with Crippen LogP contribution in [0.15, 0.2) is 58.5 Å². The Morgan fingerprint density at radius 3 is 1.60 bits per heavy atom. The fraction of sp³-hybridized carbons (Fsp3) is 0.533. The van der Waals surface area contributed by atoms with Gasteiger partial charge in [-0.1, -0.05) is 55.0 Å². The number of benzene rings is 2. The van der Waals surface area contributed by atoms with Gasteiger partial charge in [-0.3, -0.25) is 10.9 Å². The number of hydrazine groups is 2. The molecule has 0 aromatic heterocycles. The van der Waals surface area contributed by atoms with Crippen molar-refractivity contribution in [1.82, 2.24) is 31.5 Å². The molecule has 8 N–H and O–H groups in total. The van der Waals surface area contributed by atoms with E-state index in [4.69, 9.17) is 11.5 Å². The lowest BCUT2D eigenvalue weighted by Crippen LogP contribution is -2.43. The van der Waals surface area contributed by atoms with E-state index in [0.717, 1.165) is 52.1 Å². The molecule has 216 valence electrons. The second-order valence-electron chi connectivity index (χ2n) is 11.2. The summed E-state index contributed by atoms with van der Waals surface area (Å²) in [5.74, 6) is 2.52. The molecule has 5 rings (SSSR count). The largest absolute Gasteiger partial charge is 0.370 e. The van der Waals surface area contributed by atoms with Crippen molar-refractivity contribution < 1.29 is 0 Å². The van der Waals surface area contributed by atoms with Crippen molar-refractivity contribution in [1.29, 1.82) is 0 Å². The summed E-state index contributed by atoms with van der Waals surface area (Å²) in [4.78, 5) is 13.4. The molecule has 3 aliphatic rings. The van der Waals surface area contributed by atoms with Crippen LogP contribution in [0.1, 0.15) is 47.9 Å². The van der Waals surface area contributed by atoms with E-state index in [2.05, 4.69) is 90.0 Å². The summed E-state index contributed by atoms with van der Waals surface area (Å²) in [7, 11) is 0. The second kappa shape index (κ2) is 14.5. The summed E-state index contributed by atoms with van der Waals surface area (Å²) < 4.78 is 0. The maximum Gasteiger partial charge on any atom is 0.192 e. The zero-order chi connectivity index (χ0) is 27.6. The Morgan fingerprint density at radius 1 is 0.675 bits per heavy atom. The number of nitrogens with zero attached hydrogens (tertiary/aromatic N) is 4. The van der Waals surface area contributed by atoms with Crippen LogP contribution in [0.4, 0.5) is 0 Å². The number of fused-ring (bicyclic) bond motifs is 2. The monoisotopic (exact) mass is 546 g/mol. The lowest BCUT2D eigenvalue weighted by Gasteiger charge is -2.30. The molecule has 0 radical (unpaired) electrons. The highest BCUT2D eigenvalue weighted by molar-refractivity contribution is 5.78. The maximum atomic E-state index is 6.27. The number of aliphatic imine (C=N–C) groups is 2. The molecule has 1 saturated carbocycles. The highest BCUT2D eigenvalue weighted by Gasteiger charge is 2.22. The van der Waals surface area contributed by atoms with Crippen LogP contribution in [-0.2, 0) is 25.9 Å². The average Bonchev–Trinajstić information content (AvgIpc) is 3.00. The predicted octanol–water partition coefficient (Wildman–Crippen LogP) is 1.64. The van der Waals surface area contributed by atoms with Crippen LogP contribution in [0.3, 0.4) is 0 Å². The van der Waals surface area contributed by atoms with Crippen molar-refractivity contribution in [3.63, 3.8) is 0 Å². The van der Waals surface area contributed by atoms with Crippen LogP contribution in [0.25, 0.3) is 0 Å². The molecule has 0 bridgehead atoms. The third kappa shape index (κ3) is 7.94. The van der Waals surface area contributed by atoms with Gasteiger partial charge >= 0.3 is 0 Å². The van der Waals surface area contributed by atoms with Crippen LogP contribution in [-0.4, -0.2) is 61.2 Å². The van der Waals surface area contributed by atoms with Gasteiger partial charge in [-0.25, -0.2) is 20.8 Å². The van der Waals surface area contributed by atoms with Crippen molar-refractivity contribution in [3.05, 3.63) is 70.8 Å². The fourth-order valence-corrected chi connectivity index (χ4v) is 6.14. The van der Waals surface area contributed by atoms with Crippen LogP contribution in [0.5, 0.6) is 0 Å². The topological polar surface area (TPSA) is 131 Å². The van der Waals surface area contributed by atoms with E-state index in [1.165, 1.54) is 47.9 Å². The van der Waals surface area contributed by atoms with Gasteiger partial charge < -0.3 is 21.3 Å². The molecule has 1 fully saturated rings. The highest BCUT2D eigenvalue weighted by Crippen LogP contribution is 2.28. The minimum Gasteiger partial charge on any atom is -0.370 e. The van der Waals surface area contributed by atoms with Crippen molar-refractivity contribution in [3.8, 4) is 0 Å². The molecule has 0 amide bonds. The number of hydrogen-bond donors (Lipinski definition) is 6. The molecule has 2 unspecified atom stereocenters. The van der Waals surface area contributed by atoms with E-state index < -0.39 is 0 Å². The van der Waals surface area contributed by atoms with Gasteiger partial charge in [0.2, 0.25) is 0 Å². The van der Waals surface area contributed by atoms with Gasteiger partial charge in [0.15, 0.2) is 11.9 Å². The number of guanidine groups is 2. The molecule has 0 spiro atoms. The van der Waals surface area contributed by atoms with Gasteiger partial charge in [-0.2, -0.15) is 0 Å². The van der Waals surface area contributed by atoms with Gasteiger partial charge in [-0.05, 0) is 66.2 Å². The first-order valence-corrected chi connectivity index (χ1v) is 14.8. The Balaban J connectivity index is 0.931. The van der Waals surface area contributed by atoms with Gasteiger partial charge in [0.25, 0.3) is 0 Å². The molecule has 10 heteroatoms. The molecule has 1 aliphatic carbocycles. The SMILES string of the molecule is NC(=NCNNCC1CCCC(CNNCN=C(N)N2CCc3ccccc3C2)C1)N1CCc2ccccc2C1. The first-order chi connectivity index (χ1) is 19.7. The highest BCUT2D eigenvalue weighted by atomic mass is 15.4. The minimum atomic E-state index is 0.471. The molecule has 2 aromatic rings. The first-order valence-electron chi connectivity index (χ1n) is 14.8. The minimum absolute atomic E-state index is 0.471. The molecule has 0 saturated heterocycles. The van der Waals surface area contributed by atoms with Crippen molar-refractivity contribution >= 4 is 11.9 Å². The molecule has 40 heavy (non-hydrogen) atoms. The third-order valence-corrected chi connectivity index (χ3v) is 8.47. The van der Waals surface area contributed by atoms with Gasteiger partial charge in [0.05, 0.1) is 0 Å². The fourth-order valence-electron chi connectivity index (χ4n) is 6.14. The van der Waals surface area contributed by atoms with Crippen LogP contribution >= 0.6 is 0 Å². The number of rotatable bonds is 10. The number of nitrogens with two attached hydrogens (primary N) is 2. The van der Waals surface area contributed by atoms with E-state index in [1.807, 2.05) is 0 Å². The summed E-state index contributed by atoms with van der Waals surface area (Å²) in [6.45, 7) is 6.32. The Bertz CT molecular complexity index is 1060. The molecule has 2 heterocycles. The summed E-state index contributed by atoms with van der Waals surface area (Å²) in [5.41, 5.74) is 31.3. The Labute approximate surface area is 238 Å². The zero-order valence-corrected chi connectivity index (χ0v) is 23.6. The maximum absolute atomic E-state index is 6.27. The molecule has 10 nitrogen and oxygen atoms in total. The van der Waals surface area contributed by atoms with Gasteiger partial charge in [-0.15, -0.1) is 0 Å². The molecule has 2 aromatic carbocycles. The second-order valence-corrected chi connectivity index (χ2v) is 11.2. The molecular weight excluding hydrogens is 500 g/mol. The first kappa shape index (κ1) is 28.4. The quantitative estimate of drug-likeness (QED) is 0.115. The van der Waals surface area contributed by atoms with Gasteiger partial charge in [0.1, 0.15) is 13.3 Å². The lowest BCUT2D eigenvalue weighted by atomic mass is 9.81. The van der Waals surface area contributed by atoms with Crippen molar-refractivity contribution in [2.75, 3.05) is 39.5 Å². The Kier molecular flexibility index (Phi) is 10.2. The Morgan fingerprint density at radius 2 is 1.12 bits per heavy atom. The van der Waals surface area contributed by atoms with E-state index >= 15 is 0 Å². The standard InChI is InChI=1S/C30H46N10/c31-29(39-14-12-25-8-1-3-10-27(25)19-39)33-21-37-35-17-23-6-5-7-24(16-23)18-36-38-22-34-30(32)40-15-13-26-9-2-4-11-28(26)20-40/h1-4,8-11,23-24,35-38H,5-7,12-22H2,(H2,31,33)(H2,32,34). The Hall–Kier alpha value is -3.18. The molecule has 2 atom stereocenters. The molecule has 2 aliphatic heterocycles. The van der Waals surface area contributed by atoms with Gasteiger partial charge in [0, 0.05) is 39.3 Å². The summed E-state index contributed by atoms with van der Waals surface area (Å²) in [6, 6.07) is 17.1. The smallest absolute Gasteiger partial charge is 0.192 e. The summed E-state index contributed by atoms with van der Waals surface area (Å²) in [6.07, 6.45) is 7.03. The van der Waals surface area contributed by atoms with Crippen LogP contribution < -0.4 is 33.2 Å². The van der Waals surface area contributed by atoms with Crippen molar-refractivity contribution in [2.45, 2.75) is 51.6 Å². The number of nitrogens with one attached hydrogen (secondary N) is 4. The third-order valence-electron chi connectivity index (χ3n) is 8.47. The van der Waals surface area contributed by atoms with Crippen LogP contribution in [0, 0.1) is 11.8 Å². The predicted molar refractivity (Wildman–Crippen MR) is 162 cm³/mol. The number of hydrogen-bond acceptors (Lipinski definition) is 6. The molecular formula is C30H46N10. The summed E-state index contributed by atoms with van der Waals surface area (Å²) >= 11 is 0. The van der Waals surface area contributed by atoms with E-state index in [0.29, 0.717) is 37.1 Å². The van der Waals surface area contributed by atoms with Crippen molar-refractivity contribution in [2.24, 2.45) is 33.3 Å². The normalized spacial score (nSPS) is 21.7.